The minimum absolute atomic E-state index is 0.144. The predicted octanol–water partition coefficient (Wildman–Crippen LogP) is 1.22. The molecule has 86 valence electrons. The Morgan fingerprint density at radius 2 is 2.27 bits per heavy atom. The molecule has 6 heteroatoms. The Bertz CT molecular complexity index is 274. The molecule has 0 saturated carbocycles. The smallest absolute Gasteiger partial charge is 0.316 e. The van der Waals surface area contributed by atoms with Gasteiger partial charge in [-0.2, -0.15) is 18.3 Å². The number of hydrogen-bond acceptors (Lipinski definition) is 3. The van der Waals surface area contributed by atoms with Gasteiger partial charge in [0.05, 0.1) is 6.04 Å². The van der Waals surface area contributed by atoms with Gasteiger partial charge < -0.3 is 5.32 Å². The van der Waals surface area contributed by atoms with Crippen molar-refractivity contribution in [2.45, 2.75) is 25.6 Å². The van der Waals surface area contributed by atoms with Crippen molar-refractivity contribution < 1.29 is 13.2 Å². The van der Waals surface area contributed by atoms with Gasteiger partial charge in [0.25, 0.3) is 0 Å². The lowest BCUT2D eigenvalue weighted by Crippen LogP contribution is -2.43. The number of alkyl halides is 3. The van der Waals surface area contributed by atoms with Crippen LogP contribution >= 0.6 is 0 Å². The van der Waals surface area contributed by atoms with Gasteiger partial charge in [0, 0.05) is 31.1 Å². The summed E-state index contributed by atoms with van der Waals surface area (Å²) in [5.74, 6) is 0.154. The molecule has 1 fully saturated rings. The van der Waals surface area contributed by atoms with Crippen molar-refractivity contribution in [1.29, 1.82) is 0 Å². The maximum Gasteiger partial charge on any atom is 0.407 e. The van der Waals surface area contributed by atoms with Gasteiger partial charge in [-0.3, -0.25) is 5.01 Å². The second-order valence-corrected chi connectivity index (χ2v) is 4.11. The van der Waals surface area contributed by atoms with Crippen LogP contribution < -0.4 is 5.32 Å². The molecule has 2 heterocycles. The fraction of sp³-hybridized carbons (Fsp3) is 0.889. The molecule has 0 aromatic heterocycles. The van der Waals surface area contributed by atoms with Gasteiger partial charge >= 0.3 is 6.18 Å². The SMILES string of the molecule is CC1C2CNCCC2=NN1CC(F)(F)F. The van der Waals surface area contributed by atoms with Crippen LogP contribution in [0.1, 0.15) is 13.3 Å². The molecule has 2 aliphatic heterocycles. The summed E-state index contributed by atoms with van der Waals surface area (Å²) >= 11 is 0. The van der Waals surface area contributed by atoms with Crippen molar-refractivity contribution in [1.82, 2.24) is 10.3 Å². The Hall–Kier alpha value is -0.780. The average molecular weight is 221 g/mol. The minimum Gasteiger partial charge on any atom is -0.316 e. The highest BCUT2D eigenvalue weighted by Crippen LogP contribution is 2.28. The molecule has 0 spiro atoms. The van der Waals surface area contributed by atoms with E-state index in [1.165, 1.54) is 5.01 Å². The minimum atomic E-state index is -4.17. The monoisotopic (exact) mass is 221 g/mol. The van der Waals surface area contributed by atoms with Gasteiger partial charge in [-0.1, -0.05) is 0 Å². The fourth-order valence-electron chi connectivity index (χ4n) is 2.18. The van der Waals surface area contributed by atoms with E-state index < -0.39 is 12.7 Å². The van der Waals surface area contributed by atoms with Crippen molar-refractivity contribution in [3.8, 4) is 0 Å². The quantitative estimate of drug-likeness (QED) is 0.721. The van der Waals surface area contributed by atoms with E-state index in [0.717, 1.165) is 25.2 Å². The van der Waals surface area contributed by atoms with E-state index in [-0.39, 0.29) is 12.0 Å². The summed E-state index contributed by atoms with van der Waals surface area (Å²) in [5, 5.41) is 8.42. The van der Waals surface area contributed by atoms with Crippen LogP contribution in [0.3, 0.4) is 0 Å². The molecule has 2 unspecified atom stereocenters. The van der Waals surface area contributed by atoms with Crippen molar-refractivity contribution in [3.05, 3.63) is 0 Å². The third kappa shape index (κ3) is 2.25. The standard InChI is InChI=1S/C9H14F3N3/c1-6-7-4-13-3-2-8(7)14-15(6)5-9(10,11)12/h6-7,13H,2-5H2,1H3. The zero-order valence-corrected chi connectivity index (χ0v) is 8.51. The lowest BCUT2D eigenvalue weighted by atomic mass is 9.92. The first kappa shape index (κ1) is 10.7. The van der Waals surface area contributed by atoms with Crippen LogP contribution in [0.4, 0.5) is 13.2 Å². The average Bonchev–Trinajstić information content (AvgIpc) is 2.42. The zero-order chi connectivity index (χ0) is 11.1. The van der Waals surface area contributed by atoms with E-state index in [1.807, 2.05) is 0 Å². The van der Waals surface area contributed by atoms with Crippen LogP contribution in [0.5, 0.6) is 0 Å². The van der Waals surface area contributed by atoms with Gasteiger partial charge in [0.2, 0.25) is 0 Å². The summed E-state index contributed by atoms with van der Waals surface area (Å²) in [5.41, 5.74) is 0.922. The summed E-state index contributed by atoms with van der Waals surface area (Å²) < 4.78 is 36.7. The topological polar surface area (TPSA) is 27.6 Å². The Labute approximate surface area is 86.3 Å². The molecule has 0 bridgehead atoms. The maximum absolute atomic E-state index is 12.2. The molecule has 0 aliphatic carbocycles. The number of fused-ring (bicyclic) bond motifs is 1. The summed E-state index contributed by atoms with van der Waals surface area (Å²) in [6.07, 6.45) is -3.40. The van der Waals surface area contributed by atoms with E-state index in [1.54, 1.807) is 6.92 Å². The van der Waals surface area contributed by atoms with Crippen LogP contribution in [0, 0.1) is 5.92 Å². The molecule has 2 aliphatic rings. The summed E-state index contributed by atoms with van der Waals surface area (Å²) in [6, 6.07) is -0.144. The van der Waals surface area contributed by atoms with Crippen LogP contribution in [0.15, 0.2) is 5.10 Å². The van der Waals surface area contributed by atoms with Crippen molar-refractivity contribution >= 4 is 5.71 Å². The lowest BCUT2D eigenvalue weighted by Gasteiger charge is -2.27. The van der Waals surface area contributed by atoms with Crippen molar-refractivity contribution in [3.63, 3.8) is 0 Å². The van der Waals surface area contributed by atoms with Gasteiger partial charge in [0.15, 0.2) is 0 Å². The summed E-state index contributed by atoms with van der Waals surface area (Å²) in [7, 11) is 0. The number of hydrazone groups is 1. The number of nitrogens with zero attached hydrogens (tertiary/aromatic N) is 2. The molecule has 1 N–H and O–H groups in total. The first-order valence-corrected chi connectivity index (χ1v) is 5.09. The molecule has 2 atom stereocenters. The molecule has 2 rings (SSSR count). The molecule has 0 aromatic carbocycles. The predicted molar refractivity (Wildman–Crippen MR) is 50.6 cm³/mol. The lowest BCUT2D eigenvalue weighted by molar-refractivity contribution is -0.149. The normalized spacial score (nSPS) is 31.5. The van der Waals surface area contributed by atoms with Crippen LogP contribution in [-0.4, -0.2) is 42.6 Å². The molecule has 15 heavy (non-hydrogen) atoms. The second kappa shape index (κ2) is 3.66. The highest BCUT2D eigenvalue weighted by atomic mass is 19.4. The van der Waals surface area contributed by atoms with Gasteiger partial charge in [-0.15, -0.1) is 0 Å². The van der Waals surface area contributed by atoms with Crippen LogP contribution in [0.25, 0.3) is 0 Å². The van der Waals surface area contributed by atoms with Gasteiger partial charge in [0.1, 0.15) is 6.54 Å². The highest BCUT2D eigenvalue weighted by molar-refractivity contribution is 5.89. The summed E-state index contributed by atoms with van der Waals surface area (Å²) in [4.78, 5) is 0. The molecular formula is C9H14F3N3. The van der Waals surface area contributed by atoms with E-state index in [2.05, 4.69) is 10.4 Å². The van der Waals surface area contributed by atoms with E-state index >= 15 is 0 Å². The summed E-state index contributed by atoms with van der Waals surface area (Å²) in [6.45, 7) is 2.43. The Kier molecular flexibility index (Phi) is 2.62. The van der Waals surface area contributed by atoms with Crippen molar-refractivity contribution in [2.75, 3.05) is 19.6 Å². The van der Waals surface area contributed by atoms with E-state index in [9.17, 15) is 13.2 Å². The van der Waals surface area contributed by atoms with Crippen LogP contribution in [0.2, 0.25) is 0 Å². The van der Waals surface area contributed by atoms with Gasteiger partial charge in [-0.05, 0) is 6.92 Å². The fourth-order valence-corrected chi connectivity index (χ4v) is 2.18. The number of piperidine rings is 1. The zero-order valence-electron chi connectivity index (χ0n) is 8.51. The molecule has 1 saturated heterocycles. The first-order chi connectivity index (χ1) is 6.97. The van der Waals surface area contributed by atoms with Crippen molar-refractivity contribution in [2.24, 2.45) is 11.0 Å². The number of rotatable bonds is 1. The third-order valence-electron chi connectivity index (χ3n) is 3.00. The van der Waals surface area contributed by atoms with Gasteiger partial charge in [-0.25, -0.2) is 0 Å². The Morgan fingerprint density at radius 3 is 2.87 bits per heavy atom. The Morgan fingerprint density at radius 1 is 1.53 bits per heavy atom. The molecular weight excluding hydrogens is 207 g/mol. The molecule has 3 nitrogen and oxygen atoms in total. The molecule has 0 radical (unpaired) electrons. The van der Waals surface area contributed by atoms with E-state index in [0.29, 0.717) is 0 Å². The number of halogens is 3. The molecule has 0 amide bonds. The van der Waals surface area contributed by atoms with E-state index in [4.69, 9.17) is 0 Å². The number of nitrogens with one attached hydrogen (secondary N) is 1. The highest BCUT2D eigenvalue weighted by Gasteiger charge is 2.40. The maximum atomic E-state index is 12.2. The van der Waals surface area contributed by atoms with Crippen LogP contribution in [-0.2, 0) is 0 Å². The number of hydrogen-bond donors (Lipinski definition) is 1. The second-order valence-electron chi connectivity index (χ2n) is 4.11. The third-order valence-corrected chi connectivity index (χ3v) is 3.00. The molecule has 0 aromatic rings. The Balaban J connectivity index is 2.06. The first-order valence-electron chi connectivity index (χ1n) is 5.09. The largest absolute Gasteiger partial charge is 0.407 e.